The third-order valence-electron chi connectivity index (χ3n) is 10.6. The third-order valence-corrected chi connectivity index (χ3v) is 10.6. The summed E-state index contributed by atoms with van der Waals surface area (Å²) in [5, 5.41) is 34.8. The SMILES string of the molecule is N#Cc1ccc2c(c1)c1ccccc1n2-c1cc(C#N)c(-c2cc(-c3ccccc3)nc(-c3ccccc3)c2)cc1-n1c2ccccc2c2cc(C#N)ccc21. The van der Waals surface area contributed by atoms with Gasteiger partial charge in [0.25, 0.3) is 0 Å². The summed E-state index contributed by atoms with van der Waals surface area (Å²) in [6.45, 7) is 0. The number of benzene rings is 7. The Morgan fingerprint density at radius 3 is 1.30 bits per heavy atom. The van der Waals surface area contributed by atoms with Gasteiger partial charge in [-0.05, 0) is 78.4 Å². The van der Waals surface area contributed by atoms with E-state index in [0.29, 0.717) is 16.7 Å². The average Bonchev–Trinajstić information content (AvgIpc) is 3.78. The first-order chi connectivity index (χ1) is 27.6. The molecular formula is C50H28N6. The number of aromatic nitrogens is 3. The van der Waals surface area contributed by atoms with Crippen molar-refractivity contribution < 1.29 is 0 Å². The molecule has 0 amide bonds. The van der Waals surface area contributed by atoms with E-state index in [1.54, 1.807) is 0 Å². The van der Waals surface area contributed by atoms with Gasteiger partial charge in [-0.3, -0.25) is 0 Å². The molecule has 0 saturated heterocycles. The second kappa shape index (κ2) is 13.0. The Morgan fingerprint density at radius 2 is 0.821 bits per heavy atom. The smallest absolute Gasteiger partial charge is 0.0998 e. The molecule has 6 nitrogen and oxygen atoms in total. The number of pyridine rings is 1. The highest BCUT2D eigenvalue weighted by Gasteiger charge is 2.23. The number of nitriles is 3. The second-order valence-corrected chi connectivity index (χ2v) is 13.7. The van der Waals surface area contributed by atoms with Gasteiger partial charge in [-0.25, -0.2) is 4.98 Å². The summed E-state index contributed by atoms with van der Waals surface area (Å²) >= 11 is 0. The maximum Gasteiger partial charge on any atom is 0.0998 e. The zero-order chi connectivity index (χ0) is 37.8. The topological polar surface area (TPSA) is 94.1 Å². The van der Waals surface area contributed by atoms with Crippen LogP contribution in [0.25, 0.3) is 88.6 Å². The molecule has 6 heteroatoms. The van der Waals surface area contributed by atoms with E-state index in [1.165, 1.54) is 0 Å². The molecule has 0 aliphatic rings. The molecule has 0 fully saturated rings. The number of hydrogen-bond donors (Lipinski definition) is 0. The molecule has 0 radical (unpaired) electrons. The molecule has 0 atom stereocenters. The van der Waals surface area contributed by atoms with Gasteiger partial charge in [-0.1, -0.05) is 97.1 Å². The molecule has 0 N–H and O–H groups in total. The number of rotatable bonds is 5. The fourth-order valence-corrected chi connectivity index (χ4v) is 8.07. The van der Waals surface area contributed by atoms with Crippen LogP contribution in [0.5, 0.6) is 0 Å². The molecule has 258 valence electrons. The van der Waals surface area contributed by atoms with Crippen molar-refractivity contribution in [1.82, 2.24) is 14.1 Å². The van der Waals surface area contributed by atoms with Gasteiger partial charge < -0.3 is 9.13 Å². The van der Waals surface area contributed by atoms with Crippen molar-refractivity contribution in [3.63, 3.8) is 0 Å². The third kappa shape index (κ3) is 5.12. The quantitative estimate of drug-likeness (QED) is 0.177. The first kappa shape index (κ1) is 32.4. The van der Waals surface area contributed by atoms with Crippen molar-refractivity contribution in [2.75, 3.05) is 0 Å². The van der Waals surface area contributed by atoms with Crippen LogP contribution in [0.1, 0.15) is 16.7 Å². The van der Waals surface area contributed by atoms with Crippen LogP contribution in [0.3, 0.4) is 0 Å². The molecule has 7 aromatic carbocycles. The van der Waals surface area contributed by atoms with E-state index >= 15 is 0 Å². The molecule has 0 saturated carbocycles. The summed E-state index contributed by atoms with van der Waals surface area (Å²) in [6, 6.07) is 63.6. The number of fused-ring (bicyclic) bond motifs is 6. The van der Waals surface area contributed by atoms with Gasteiger partial charge in [-0.2, -0.15) is 15.8 Å². The Labute approximate surface area is 322 Å². The predicted octanol–water partition coefficient (Wildman–Crippen LogP) is 11.9. The first-order valence-corrected chi connectivity index (χ1v) is 18.2. The van der Waals surface area contributed by atoms with Crippen molar-refractivity contribution in [1.29, 1.82) is 15.8 Å². The van der Waals surface area contributed by atoms with E-state index < -0.39 is 0 Å². The van der Waals surface area contributed by atoms with E-state index in [0.717, 1.165) is 88.6 Å². The number of nitrogens with zero attached hydrogens (tertiary/aromatic N) is 6. The molecule has 10 aromatic rings. The summed E-state index contributed by atoms with van der Waals surface area (Å²) in [5.41, 5.74) is 12.2. The predicted molar refractivity (Wildman–Crippen MR) is 223 cm³/mol. The maximum atomic E-state index is 11.0. The Balaban J connectivity index is 1.36. The summed E-state index contributed by atoms with van der Waals surface area (Å²) in [7, 11) is 0. The molecule has 10 rings (SSSR count). The minimum Gasteiger partial charge on any atom is -0.307 e. The van der Waals surface area contributed by atoms with Crippen LogP contribution in [0.4, 0.5) is 0 Å². The van der Waals surface area contributed by atoms with Crippen molar-refractivity contribution in [3.8, 4) is 63.2 Å². The van der Waals surface area contributed by atoms with Gasteiger partial charge >= 0.3 is 0 Å². The molecule has 0 bridgehead atoms. The van der Waals surface area contributed by atoms with Crippen molar-refractivity contribution in [2.24, 2.45) is 0 Å². The first-order valence-electron chi connectivity index (χ1n) is 18.2. The van der Waals surface area contributed by atoms with Gasteiger partial charge in [0, 0.05) is 38.2 Å². The van der Waals surface area contributed by atoms with Crippen LogP contribution in [-0.4, -0.2) is 14.1 Å². The van der Waals surface area contributed by atoms with Crippen LogP contribution in [0.15, 0.2) is 170 Å². The van der Waals surface area contributed by atoms with E-state index in [9.17, 15) is 15.8 Å². The lowest BCUT2D eigenvalue weighted by Crippen LogP contribution is -2.05. The van der Waals surface area contributed by atoms with Gasteiger partial charge in [0.15, 0.2) is 0 Å². The molecule has 3 aromatic heterocycles. The van der Waals surface area contributed by atoms with Gasteiger partial charge in [0.05, 0.1) is 79.7 Å². The van der Waals surface area contributed by atoms with Crippen LogP contribution in [0.2, 0.25) is 0 Å². The molecule has 3 heterocycles. The molecule has 56 heavy (non-hydrogen) atoms. The van der Waals surface area contributed by atoms with Crippen LogP contribution in [-0.2, 0) is 0 Å². The van der Waals surface area contributed by atoms with E-state index in [-0.39, 0.29) is 0 Å². The normalized spacial score (nSPS) is 11.2. The van der Waals surface area contributed by atoms with E-state index in [1.807, 2.05) is 127 Å². The summed E-state index contributed by atoms with van der Waals surface area (Å²) < 4.78 is 4.45. The summed E-state index contributed by atoms with van der Waals surface area (Å²) in [5.74, 6) is 0. The highest BCUT2D eigenvalue weighted by Crippen LogP contribution is 2.42. The van der Waals surface area contributed by atoms with Crippen LogP contribution in [0, 0.1) is 34.0 Å². The number of para-hydroxylation sites is 2. The molecular weight excluding hydrogens is 685 g/mol. The lowest BCUT2D eigenvalue weighted by atomic mass is 9.95. The minimum absolute atomic E-state index is 0.500. The number of hydrogen-bond acceptors (Lipinski definition) is 4. The Hall–Kier alpha value is -8.24. The Morgan fingerprint density at radius 1 is 0.375 bits per heavy atom. The van der Waals surface area contributed by atoms with E-state index in [2.05, 4.69) is 69.8 Å². The Bertz CT molecular complexity index is 3270. The molecule has 0 aliphatic heterocycles. The van der Waals surface area contributed by atoms with Crippen molar-refractivity contribution >= 4 is 43.6 Å². The molecule has 0 aliphatic carbocycles. The average molecular weight is 713 g/mol. The van der Waals surface area contributed by atoms with Crippen molar-refractivity contribution in [3.05, 3.63) is 187 Å². The maximum absolute atomic E-state index is 11.0. The summed E-state index contributed by atoms with van der Waals surface area (Å²) in [4.78, 5) is 5.12. The monoisotopic (exact) mass is 712 g/mol. The standard InChI is InChI=1S/C50H28N6/c51-29-32-19-21-47-41(23-32)38-15-7-9-17-45(38)55(47)49-27-37(31-53)40(28-50(49)56-46-18-10-8-16-39(46)42-24-33(30-52)20-22-48(42)56)36-25-43(34-11-3-1-4-12-34)54-44(26-36)35-13-5-2-6-14-35/h1-28H. The van der Waals surface area contributed by atoms with Crippen molar-refractivity contribution in [2.45, 2.75) is 0 Å². The lowest BCUT2D eigenvalue weighted by molar-refractivity contribution is 1.09. The zero-order valence-electron chi connectivity index (χ0n) is 29.8. The zero-order valence-corrected chi connectivity index (χ0v) is 29.8. The van der Waals surface area contributed by atoms with Crippen LogP contribution < -0.4 is 0 Å². The molecule has 0 spiro atoms. The van der Waals surface area contributed by atoms with Gasteiger partial charge in [-0.15, -0.1) is 0 Å². The minimum atomic E-state index is 0.500. The van der Waals surface area contributed by atoms with Gasteiger partial charge in [0.1, 0.15) is 0 Å². The Kier molecular flexibility index (Phi) is 7.53. The fraction of sp³-hybridized carbons (Fsp3) is 0. The summed E-state index contributed by atoms with van der Waals surface area (Å²) in [6.07, 6.45) is 0. The molecule has 0 unspecified atom stereocenters. The largest absolute Gasteiger partial charge is 0.307 e. The fourth-order valence-electron chi connectivity index (χ4n) is 8.07. The highest BCUT2D eigenvalue weighted by molar-refractivity contribution is 6.12. The lowest BCUT2D eigenvalue weighted by Gasteiger charge is -2.20. The van der Waals surface area contributed by atoms with Gasteiger partial charge in [0.2, 0.25) is 0 Å². The second-order valence-electron chi connectivity index (χ2n) is 13.7. The van der Waals surface area contributed by atoms with Crippen LogP contribution >= 0.6 is 0 Å². The highest BCUT2D eigenvalue weighted by atomic mass is 15.1. The van der Waals surface area contributed by atoms with E-state index in [4.69, 9.17) is 4.98 Å².